The number of ether oxygens (including phenoxy) is 2. The highest BCUT2D eigenvalue weighted by molar-refractivity contribution is 5.82. The number of nitrogens with one attached hydrogen (secondary N) is 2. The van der Waals surface area contributed by atoms with Crippen LogP contribution in [0.25, 0.3) is 0 Å². The molecule has 2 unspecified atom stereocenters. The molecule has 108 valence electrons. The van der Waals surface area contributed by atoms with E-state index in [9.17, 15) is 4.79 Å². The molecule has 0 aromatic heterocycles. The van der Waals surface area contributed by atoms with Crippen LogP contribution in [0.15, 0.2) is 24.3 Å². The smallest absolute Gasteiger partial charge is 0.264 e. The average molecular weight is 276 g/mol. The summed E-state index contributed by atoms with van der Waals surface area (Å²) in [6, 6.07) is 7.67. The van der Waals surface area contributed by atoms with Gasteiger partial charge in [-0.05, 0) is 44.5 Å². The molecule has 5 nitrogen and oxygen atoms in total. The van der Waals surface area contributed by atoms with Crippen LogP contribution in [-0.2, 0) is 4.79 Å². The van der Waals surface area contributed by atoms with Crippen LogP contribution < -0.4 is 20.1 Å². The number of carbonyl (C=O) groups excluding carboxylic acids is 1. The lowest BCUT2D eigenvalue weighted by molar-refractivity contribution is -0.131. The van der Waals surface area contributed by atoms with Crippen molar-refractivity contribution in [2.75, 3.05) is 19.7 Å². The van der Waals surface area contributed by atoms with E-state index in [1.54, 1.807) is 0 Å². The molecular formula is C15H20N2O3. The first-order valence-corrected chi connectivity index (χ1v) is 7.22. The SMILES string of the molecule is O=C(NC1CCCNCC1)C1COc2ccccc2O1. The van der Waals surface area contributed by atoms with Gasteiger partial charge >= 0.3 is 0 Å². The zero-order valence-corrected chi connectivity index (χ0v) is 11.4. The van der Waals surface area contributed by atoms with Crippen molar-refractivity contribution in [2.24, 2.45) is 0 Å². The second-order valence-electron chi connectivity index (χ2n) is 5.25. The van der Waals surface area contributed by atoms with Gasteiger partial charge in [-0.1, -0.05) is 12.1 Å². The maximum Gasteiger partial charge on any atom is 0.264 e. The van der Waals surface area contributed by atoms with Gasteiger partial charge in [0.05, 0.1) is 0 Å². The minimum atomic E-state index is -0.555. The average Bonchev–Trinajstić information content (AvgIpc) is 2.75. The first-order valence-electron chi connectivity index (χ1n) is 7.22. The molecule has 0 spiro atoms. The van der Waals surface area contributed by atoms with Gasteiger partial charge in [0.1, 0.15) is 6.61 Å². The molecule has 5 heteroatoms. The fourth-order valence-electron chi connectivity index (χ4n) is 2.61. The number of para-hydroxylation sites is 2. The molecule has 0 radical (unpaired) electrons. The molecule has 2 aliphatic heterocycles. The Bertz CT molecular complexity index is 470. The molecule has 1 aromatic carbocycles. The summed E-state index contributed by atoms with van der Waals surface area (Å²) in [4.78, 5) is 12.3. The number of rotatable bonds is 2. The standard InChI is InChI=1S/C15H20N2O3/c18-15(17-11-4-3-8-16-9-7-11)14-10-19-12-5-1-2-6-13(12)20-14/h1-2,5-6,11,14,16H,3-4,7-10H2,(H,17,18). The predicted octanol–water partition coefficient (Wildman–Crippen LogP) is 1.08. The largest absolute Gasteiger partial charge is 0.485 e. The van der Waals surface area contributed by atoms with Crippen LogP contribution in [0.5, 0.6) is 11.5 Å². The Morgan fingerprint density at radius 1 is 1.20 bits per heavy atom. The Kier molecular flexibility index (Phi) is 4.06. The van der Waals surface area contributed by atoms with E-state index in [0.717, 1.165) is 32.4 Å². The van der Waals surface area contributed by atoms with Gasteiger partial charge in [-0.25, -0.2) is 0 Å². The van der Waals surface area contributed by atoms with E-state index >= 15 is 0 Å². The minimum Gasteiger partial charge on any atom is -0.485 e. The van der Waals surface area contributed by atoms with Crippen molar-refractivity contribution in [3.8, 4) is 11.5 Å². The van der Waals surface area contributed by atoms with Crippen LogP contribution in [0.2, 0.25) is 0 Å². The van der Waals surface area contributed by atoms with E-state index in [4.69, 9.17) is 9.47 Å². The Balaban J connectivity index is 1.58. The Hall–Kier alpha value is -1.75. The maximum atomic E-state index is 12.3. The second-order valence-corrected chi connectivity index (χ2v) is 5.25. The van der Waals surface area contributed by atoms with Crippen molar-refractivity contribution in [3.63, 3.8) is 0 Å². The van der Waals surface area contributed by atoms with Crippen molar-refractivity contribution in [3.05, 3.63) is 24.3 Å². The van der Waals surface area contributed by atoms with Crippen LogP contribution in [0.1, 0.15) is 19.3 Å². The van der Waals surface area contributed by atoms with Crippen LogP contribution in [0.3, 0.4) is 0 Å². The topological polar surface area (TPSA) is 59.6 Å². The molecule has 2 aliphatic rings. The van der Waals surface area contributed by atoms with E-state index in [-0.39, 0.29) is 18.6 Å². The van der Waals surface area contributed by atoms with E-state index < -0.39 is 6.10 Å². The fourth-order valence-corrected chi connectivity index (χ4v) is 2.61. The quantitative estimate of drug-likeness (QED) is 0.849. The summed E-state index contributed by atoms with van der Waals surface area (Å²) in [6.45, 7) is 2.26. The van der Waals surface area contributed by atoms with Crippen molar-refractivity contribution in [1.29, 1.82) is 0 Å². The van der Waals surface area contributed by atoms with E-state index in [1.807, 2.05) is 24.3 Å². The highest BCUT2D eigenvalue weighted by atomic mass is 16.6. The third-order valence-corrected chi connectivity index (χ3v) is 3.72. The number of fused-ring (bicyclic) bond motifs is 1. The molecule has 2 heterocycles. The number of hydrogen-bond donors (Lipinski definition) is 2. The van der Waals surface area contributed by atoms with Gasteiger partial charge < -0.3 is 20.1 Å². The molecule has 1 aromatic rings. The predicted molar refractivity (Wildman–Crippen MR) is 75.0 cm³/mol. The van der Waals surface area contributed by atoms with Gasteiger partial charge in [-0.2, -0.15) is 0 Å². The summed E-state index contributed by atoms with van der Waals surface area (Å²) in [6.07, 6.45) is 2.52. The Morgan fingerprint density at radius 2 is 2.05 bits per heavy atom. The fraction of sp³-hybridized carbons (Fsp3) is 0.533. The lowest BCUT2D eigenvalue weighted by atomic mass is 10.1. The molecule has 1 fully saturated rings. The van der Waals surface area contributed by atoms with Crippen molar-refractivity contribution >= 4 is 5.91 Å². The zero-order chi connectivity index (χ0) is 13.8. The number of amides is 1. The van der Waals surface area contributed by atoms with Crippen LogP contribution in [-0.4, -0.2) is 37.7 Å². The first kappa shape index (κ1) is 13.2. The normalized spacial score (nSPS) is 25.6. The van der Waals surface area contributed by atoms with Crippen molar-refractivity contribution in [2.45, 2.75) is 31.4 Å². The zero-order valence-electron chi connectivity index (χ0n) is 11.4. The second kappa shape index (κ2) is 6.13. The van der Waals surface area contributed by atoms with E-state index in [0.29, 0.717) is 11.5 Å². The van der Waals surface area contributed by atoms with Crippen molar-refractivity contribution in [1.82, 2.24) is 10.6 Å². The van der Waals surface area contributed by atoms with E-state index in [2.05, 4.69) is 10.6 Å². The van der Waals surface area contributed by atoms with Gasteiger partial charge in [-0.3, -0.25) is 4.79 Å². The third kappa shape index (κ3) is 3.04. The molecule has 1 saturated heterocycles. The third-order valence-electron chi connectivity index (χ3n) is 3.72. The Morgan fingerprint density at radius 3 is 2.95 bits per heavy atom. The highest BCUT2D eigenvalue weighted by Gasteiger charge is 2.28. The van der Waals surface area contributed by atoms with E-state index in [1.165, 1.54) is 0 Å². The first-order chi connectivity index (χ1) is 9.83. The Labute approximate surface area is 118 Å². The lowest BCUT2D eigenvalue weighted by Gasteiger charge is -2.27. The summed E-state index contributed by atoms with van der Waals surface area (Å²) in [5.74, 6) is 1.27. The molecule has 0 saturated carbocycles. The molecule has 2 N–H and O–H groups in total. The summed E-state index contributed by atoms with van der Waals surface area (Å²) < 4.78 is 11.3. The van der Waals surface area contributed by atoms with Crippen LogP contribution >= 0.6 is 0 Å². The number of benzene rings is 1. The molecule has 20 heavy (non-hydrogen) atoms. The van der Waals surface area contributed by atoms with Crippen LogP contribution in [0, 0.1) is 0 Å². The van der Waals surface area contributed by atoms with Gasteiger partial charge in [0.25, 0.3) is 5.91 Å². The molecular weight excluding hydrogens is 256 g/mol. The molecule has 1 amide bonds. The highest BCUT2D eigenvalue weighted by Crippen LogP contribution is 2.30. The summed E-state index contributed by atoms with van der Waals surface area (Å²) in [7, 11) is 0. The van der Waals surface area contributed by atoms with Crippen molar-refractivity contribution < 1.29 is 14.3 Å². The monoisotopic (exact) mass is 276 g/mol. The van der Waals surface area contributed by atoms with Gasteiger partial charge in [0, 0.05) is 6.04 Å². The molecule has 2 atom stereocenters. The van der Waals surface area contributed by atoms with Gasteiger partial charge in [-0.15, -0.1) is 0 Å². The molecule has 0 aliphatic carbocycles. The minimum absolute atomic E-state index is 0.0774. The van der Waals surface area contributed by atoms with Gasteiger partial charge in [0.2, 0.25) is 6.10 Å². The molecule has 0 bridgehead atoms. The number of hydrogen-bond acceptors (Lipinski definition) is 4. The molecule has 3 rings (SSSR count). The van der Waals surface area contributed by atoms with Crippen LogP contribution in [0.4, 0.5) is 0 Å². The summed E-state index contributed by atoms with van der Waals surface area (Å²) >= 11 is 0. The lowest BCUT2D eigenvalue weighted by Crippen LogP contribution is -2.47. The summed E-state index contributed by atoms with van der Waals surface area (Å²) in [5.41, 5.74) is 0. The number of carbonyl (C=O) groups is 1. The van der Waals surface area contributed by atoms with Gasteiger partial charge in [0.15, 0.2) is 11.5 Å². The summed E-state index contributed by atoms with van der Waals surface area (Å²) in [5, 5.41) is 6.41. The maximum absolute atomic E-state index is 12.3.